The number of carbonyl (C=O) groups excluding carboxylic acids is 1. The monoisotopic (exact) mass is 287 g/mol. The molecule has 0 saturated carbocycles. The Kier molecular flexibility index (Phi) is 6.76. The maximum absolute atomic E-state index is 12.0. The van der Waals surface area contributed by atoms with E-state index in [1.165, 1.54) is 0 Å². The van der Waals surface area contributed by atoms with Gasteiger partial charge in [-0.3, -0.25) is 0 Å². The third kappa shape index (κ3) is 6.57. The van der Waals surface area contributed by atoms with Crippen molar-refractivity contribution in [1.29, 1.82) is 0 Å². The molecule has 1 aliphatic rings. The Hall–Kier alpha value is -0.810. The number of aliphatic hydroxyl groups is 1. The van der Waals surface area contributed by atoms with Crippen LogP contribution in [0.15, 0.2) is 0 Å². The minimum atomic E-state index is -0.545. The molecule has 1 saturated heterocycles. The van der Waals surface area contributed by atoms with Gasteiger partial charge in [0.15, 0.2) is 0 Å². The van der Waals surface area contributed by atoms with Crippen LogP contribution in [-0.4, -0.2) is 53.6 Å². The number of hydrogen-bond acceptors (Lipinski definition) is 4. The lowest BCUT2D eigenvalue weighted by Gasteiger charge is -2.27. The van der Waals surface area contributed by atoms with E-state index in [1.54, 1.807) is 4.90 Å². The van der Waals surface area contributed by atoms with E-state index in [2.05, 4.69) is 6.92 Å². The second-order valence-electron chi connectivity index (χ2n) is 6.45. The van der Waals surface area contributed by atoms with Crippen LogP contribution in [0, 0.1) is 0 Å². The smallest absolute Gasteiger partial charge is 0.410 e. The minimum absolute atomic E-state index is 0.0315. The van der Waals surface area contributed by atoms with Crippen LogP contribution in [0.3, 0.4) is 0 Å². The van der Waals surface area contributed by atoms with Crippen LogP contribution in [0.25, 0.3) is 0 Å². The second kappa shape index (κ2) is 7.84. The van der Waals surface area contributed by atoms with Gasteiger partial charge in [0.1, 0.15) is 5.60 Å². The van der Waals surface area contributed by atoms with Crippen molar-refractivity contribution >= 4 is 6.09 Å². The summed E-state index contributed by atoms with van der Waals surface area (Å²) >= 11 is 0. The maximum atomic E-state index is 12.0. The van der Waals surface area contributed by atoms with Crippen molar-refractivity contribution in [2.45, 2.75) is 71.2 Å². The molecule has 1 heterocycles. The standard InChI is InChI=1S/C15H29NO4/c1-5-6-9-19-13-7-8-16(11-12(17)10-13)14(18)20-15(2,3)4/h12-13,17H,5-11H2,1-4H3. The fraction of sp³-hybridized carbons (Fsp3) is 0.933. The fourth-order valence-electron chi connectivity index (χ4n) is 2.18. The Morgan fingerprint density at radius 3 is 2.70 bits per heavy atom. The van der Waals surface area contributed by atoms with Gasteiger partial charge in [-0.15, -0.1) is 0 Å². The zero-order valence-electron chi connectivity index (χ0n) is 13.2. The number of carbonyl (C=O) groups is 1. The average Bonchev–Trinajstić information content (AvgIpc) is 2.49. The van der Waals surface area contributed by atoms with Gasteiger partial charge in [-0.2, -0.15) is 0 Å². The van der Waals surface area contributed by atoms with Gasteiger partial charge in [0.25, 0.3) is 0 Å². The molecule has 0 bridgehead atoms. The first kappa shape index (κ1) is 17.2. The summed E-state index contributed by atoms with van der Waals surface area (Å²) in [6, 6.07) is 0. The van der Waals surface area contributed by atoms with Gasteiger partial charge in [0.05, 0.1) is 18.8 Å². The molecule has 1 amide bonds. The Balaban J connectivity index is 2.47. The van der Waals surface area contributed by atoms with Crippen LogP contribution in [0.4, 0.5) is 4.79 Å². The summed E-state index contributed by atoms with van der Waals surface area (Å²) in [7, 11) is 0. The van der Waals surface area contributed by atoms with Gasteiger partial charge < -0.3 is 19.5 Å². The number of unbranched alkanes of at least 4 members (excludes halogenated alkanes) is 1. The third-order valence-electron chi connectivity index (χ3n) is 3.19. The molecule has 1 rings (SSSR count). The molecular formula is C15H29NO4. The molecule has 2 atom stereocenters. The van der Waals surface area contributed by atoms with E-state index in [0.29, 0.717) is 19.5 Å². The highest BCUT2D eigenvalue weighted by atomic mass is 16.6. The van der Waals surface area contributed by atoms with Crippen LogP contribution in [0.5, 0.6) is 0 Å². The van der Waals surface area contributed by atoms with Gasteiger partial charge >= 0.3 is 6.09 Å². The second-order valence-corrected chi connectivity index (χ2v) is 6.45. The molecule has 118 valence electrons. The van der Waals surface area contributed by atoms with E-state index in [0.717, 1.165) is 25.9 Å². The maximum Gasteiger partial charge on any atom is 0.410 e. The van der Waals surface area contributed by atoms with Crippen LogP contribution in [-0.2, 0) is 9.47 Å². The molecule has 0 radical (unpaired) electrons. The summed E-state index contributed by atoms with van der Waals surface area (Å²) in [6.07, 6.45) is 2.59. The van der Waals surface area contributed by atoms with Crippen LogP contribution < -0.4 is 0 Å². The van der Waals surface area contributed by atoms with Crippen molar-refractivity contribution in [1.82, 2.24) is 4.90 Å². The molecule has 1 N–H and O–H groups in total. The normalized spacial score (nSPS) is 24.4. The molecule has 5 nitrogen and oxygen atoms in total. The van der Waals surface area contributed by atoms with E-state index >= 15 is 0 Å². The van der Waals surface area contributed by atoms with Crippen LogP contribution in [0.1, 0.15) is 53.4 Å². The first-order valence-corrected chi connectivity index (χ1v) is 7.59. The van der Waals surface area contributed by atoms with Gasteiger partial charge in [-0.05, 0) is 33.6 Å². The molecule has 0 aromatic carbocycles. The van der Waals surface area contributed by atoms with Crippen LogP contribution >= 0.6 is 0 Å². The molecule has 1 fully saturated rings. The molecular weight excluding hydrogens is 258 g/mol. The van der Waals surface area contributed by atoms with Crippen LogP contribution in [0.2, 0.25) is 0 Å². The number of β-amino-alcohol motifs (C(OH)–C–C–N with tert-alkyl or cyclic N) is 1. The van der Waals surface area contributed by atoms with Gasteiger partial charge in [-0.1, -0.05) is 13.3 Å². The topological polar surface area (TPSA) is 59.0 Å². The number of nitrogens with zero attached hydrogens (tertiary/aromatic N) is 1. The summed E-state index contributed by atoms with van der Waals surface area (Å²) in [5.74, 6) is 0. The molecule has 20 heavy (non-hydrogen) atoms. The van der Waals surface area contributed by atoms with Crippen molar-refractivity contribution in [2.75, 3.05) is 19.7 Å². The molecule has 5 heteroatoms. The summed E-state index contributed by atoms with van der Waals surface area (Å²) in [5.41, 5.74) is -0.509. The molecule has 0 aromatic rings. The molecule has 0 aromatic heterocycles. The first-order valence-electron chi connectivity index (χ1n) is 7.59. The predicted molar refractivity (Wildman–Crippen MR) is 77.7 cm³/mol. The van der Waals surface area contributed by atoms with Gasteiger partial charge in [0.2, 0.25) is 0 Å². The molecule has 0 spiro atoms. The lowest BCUT2D eigenvalue weighted by molar-refractivity contribution is 0.0135. The SMILES string of the molecule is CCCCOC1CCN(C(=O)OC(C)(C)C)CC(O)C1. The summed E-state index contributed by atoms with van der Waals surface area (Å²) in [5, 5.41) is 10.0. The Labute approximate surface area is 122 Å². The van der Waals surface area contributed by atoms with E-state index in [-0.39, 0.29) is 12.2 Å². The Morgan fingerprint density at radius 2 is 2.10 bits per heavy atom. The number of aliphatic hydroxyl groups excluding tert-OH is 1. The zero-order chi connectivity index (χ0) is 15.2. The quantitative estimate of drug-likeness (QED) is 0.807. The van der Waals surface area contributed by atoms with Crippen molar-refractivity contribution in [2.24, 2.45) is 0 Å². The van der Waals surface area contributed by atoms with E-state index < -0.39 is 11.7 Å². The van der Waals surface area contributed by atoms with E-state index in [4.69, 9.17) is 9.47 Å². The lowest BCUT2D eigenvalue weighted by atomic mass is 10.1. The Bertz CT molecular complexity index is 301. The van der Waals surface area contributed by atoms with Crippen molar-refractivity contribution in [3.05, 3.63) is 0 Å². The number of amides is 1. The number of likely N-dealkylation sites (tertiary alicyclic amines) is 1. The predicted octanol–water partition coefficient (Wildman–Crippen LogP) is 2.56. The van der Waals surface area contributed by atoms with E-state index in [9.17, 15) is 9.90 Å². The highest BCUT2D eigenvalue weighted by Gasteiger charge is 2.29. The van der Waals surface area contributed by atoms with Crippen molar-refractivity contribution in [3.8, 4) is 0 Å². The number of rotatable bonds is 4. The first-order chi connectivity index (χ1) is 9.31. The Morgan fingerprint density at radius 1 is 1.40 bits per heavy atom. The summed E-state index contributed by atoms with van der Waals surface area (Å²) < 4.78 is 11.1. The average molecular weight is 287 g/mol. The van der Waals surface area contributed by atoms with Crippen molar-refractivity contribution < 1.29 is 19.4 Å². The largest absolute Gasteiger partial charge is 0.444 e. The molecule has 1 aliphatic heterocycles. The van der Waals surface area contributed by atoms with E-state index in [1.807, 2.05) is 20.8 Å². The fourth-order valence-corrected chi connectivity index (χ4v) is 2.18. The number of ether oxygens (including phenoxy) is 2. The van der Waals surface area contributed by atoms with Gasteiger partial charge in [-0.25, -0.2) is 4.79 Å². The van der Waals surface area contributed by atoms with Gasteiger partial charge in [0, 0.05) is 19.6 Å². The summed E-state index contributed by atoms with van der Waals surface area (Å²) in [4.78, 5) is 13.6. The molecule has 2 unspecified atom stereocenters. The zero-order valence-corrected chi connectivity index (χ0v) is 13.2. The molecule has 0 aliphatic carbocycles. The van der Waals surface area contributed by atoms with Crippen molar-refractivity contribution in [3.63, 3.8) is 0 Å². The highest BCUT2D eigenvalue weighted by Crippen LogP contribution is 2.18. The highest BCUT2D eigenvalue weighted by molar-refractivity contribution is 5.68. The third-order valence-corrected chi connectivity index (χ3v) is 3.19. The minimum Gasteiger partial charge on any atom is -0.444 e. The number of hydrogen-bond donors (Lipinski definition) is 1. The summed E-state index contributed by atoms with van der Waals surface area (Å²) in [6.45, 7) is 9.27. The lowest BCUT2D eigenvalue weighted by Crippen LogP contribution is -2.40.